The fourth-order valence-corrected chi connectivity index (χ4v) is 6.32. The summed E-state index contributed by atoms with van der Waals surface area (Å²) in [5.41, 5.74) is 1.18. The Kier molecular flexibility index (Phi) is 8.63. The number of halogens is 3. The number of carbonyl (C=O) groups excluding carboxylic acids is 2. The molecule has 4 rings (SSSR count). The molecule has 0 aliphatic carbocycles. The number of rotatable bonds is 8. The van der Waals surface area contributed by atoms with Crippen LogP contribution in [0.25, 0.3) is 0 Å². The molecular formula is C23H19Cl2IN4O5S2. The topological polar surface area (TPSA) is 117 Å². The predicted molar refractivity (Wildman–Crippen MR) is 153 cm³/mol. The number of hydrogen-bond acceptors (Lipinski definition) is 8. The van der Waals surface area contributed by atoms with Crippen molar-refractivity contribution in [3.63, 3.8) is 0 Å². The number of carbonyl (C=O) groups is 2. The molecule has 37 heavy (non-hydrogen) atoms. The Labute approximate surface area is 241 Å². The van der Waals surface area contributed by atoms with Crippen molar-refractivity contribution in [3.8, 4) is 0 Å². The molecule has 2 aliphatic heterocycles. The number of benzene rings is 2. The number of nitrogens with one attached hydrogen (secondary N) is 3. The molecule has 2 heterocycles. The zero-order valence-electron chi connectivity index (χ0n) is 19.0. The first-order valence-electron chi connectivity index (χ1n) is 10.5. The number of ether oxygens (including phenoxy) is 1. The number of fused-ring (bicyclic) bond motifs is 1. The monoisotopic (exact) mass is 692 g/mol. The maximum atomic E-state index is 13.3. The summed E-state index contributed by atoms with van der Waals surface area (Å²) < 4.78 is 39.3. The zero-order valence-corrected chi connectivity index (χ0v) is 24.3. The van der Waals surface area contributed by atoms with Crippen molar-refractivity contribution in [3.05, 3.63) is 96.3 Å². The van der Waals surface area contributed by atoms with E-state index in [1.54, 1.807) is 47.0 Å². The minimum atomic E-state index is -4.08. The summed E-state index contributed by atoms with van der Waals surface area (Å²) in [5.74, 6) is -1.34. The van der Waals surface area contributed by atoms with Crippen molar-refractivity contribution in [2.75, 3.05) is 11.8 Å². The third kappa shape index (κ3) is 6.37. The average Bonchev–Trinajstić information content (AvgIpc) is 3.34. The Morgan fingerprint density at radius 3 is 2.70 bits per heavy atom. The first kappa shape index (κ1) is 27.6. The fraction of sp³-hybridized carbons (Fsp3) is 0.130. The summed E-state index contributed by atoms with van der Waals surface area (Å²) in [7, 11) is -2.87. The maximum absolute atomic E-state index is 13.3. The van der Waals surface area contributed by atoms with Crippen molar-refractivity contribution in [2.24, 2.45) is 0 Å². The quantitative estimate of drug-likeness (QED) is 0.209. The van der Waals surface area contributed by atoms with Gasteiger partial charge in [-0.3, -0.25) is 13.8 Å². The van der Waals surface area contributed by atoms with E-state index >= 15 is 0 Å². The molecule has 0 unspecified atom stereocenters. The van der Waals surface area contributed by atoms with Gasteiger partial charge in [-0.15, -0.1) is 0 Å². The number of esters is 1. The normalized spacial score (nSPS) is 15.2. The van der Waals surface area contributed by atoms with Gasteiger partial charge in [0.25, 0.3) is 15.9 Å². The Balaban J connectivity index is 1.60. The van der Waals surface area contributed by atoms with Crippen molar-refractivity contribution in [2.45, 2.75) is 12.5 Å². The third-order valence-electron chi connectivity index (χ3n) is 5.28. The molecule has 0 saturated heterocycles. The lowest BCUT2D eigenvalue weighted by Gasteiger charge is -2.22. The molecule has 1 amide bonds. The number of hydrogen-bond donors (Lipinski definition) is 3. The van der Waals surface area contributed by atoms with Crippen molar-refractivity contribution >= 4 is 85.5 Å². The number of methoxy groups -OCH3 is 1. The van der Waals surface area contributed by atoms with Gasteiger partial charge in [0.15, 0.2) is 0 Å². The summed E-state index contributed by atoms with van der Waals surface area (Å²) >= 11 is 15.3. The lowest BCUT2D eigenvalue weighted by atomic mass is 10.0. The Morgan fingerprint density at radius 2 is 1.97 bits per heavy atom. The zero-order chi connectivity index (χ0) is 26.7. The SMILES string of the molecule is COC(=O)[C@H](Cc1ccc(Cl)c(Cl)c1)NC(=O)c1ccc(I)cc1NS(=O)(=O)C1=CC=CN2SNC=C12. The van der Waals surface area contributed by atoms with Gasteiger partial charge in [-0.05, 0) is 70.6 Å². The molecule has 0 saturated carbocycles. The largest absolute Gasteiger partial charge is 0.467 e. The first-order chi connectivity index (χ1) is 17.6. The number of sulfonamides is 1. The van der Waals surface area contributed by atoms with E-state index < -0.39 is 27.9 Å². The van der Waals surface area contributed by atoms with Gasteiger partial charge in [0, 0.05) is 22.4 Å². The summed E-state index contributed by atoms with van der Waals surface area (Å²) in [6.07, 6.45) is 6.45. The van der Waals surface area contributed by atoms with Crippen LogP contribution >= 0.6 is 57.9 Å². The minimum Gasteiger partial charge on any atom is -0.467 e. The molecule has 194 valence electrons. The molecule has 2 aromatic rings. The van der Waals surface area contributed by atoms with E-state index in [1.807, 2.05) is 22.6 Å². The summed E-state index contributed by atoms with van der Waals surface area (Å²) in [5, 5.41) is 3.30. The molecular weight excluding hydrogens is 674 g/mol. The van der Waals surface area contributed by atoms with Gasteiger partial charge in [-0.2, -0.15) is 0 Å². The lowest BCUT2D eigenvalue weighted by Crippen LogP contribution is -2.43. The lowest BCUT2D eigenvalue weighted by molar-refractivity contribution is -0.142. The van der Waals surface area contributed by atoms with Crippen molar-refractivity contribution in [1.82, 2.24) is 14.3 Å². The number of anilines is 1. The van der Waals surface area contributed by atoms with Gasteiger partial charge in [-0.25, -0.2) is 13.2 Å². The van der Waals surface area contributed by atoms with E-state index in [2.05, 4.69) is 14.8 Å². The third-order valence-corrected chi connectivity index (χ3v) is 8.84. The molecule has 0 spiro atoms. The molecule has 2 aliphatic rings. The van der Waals surface area contributed by atoms with Gasteiger partial charge in [0.2, 0.25) is 0 Å². The van der Waals surface area contributed by atoms with E-state index in [-0.39, 0.29) is 22.6 Å². The number of allylic oxidation sites excluding steroid dienone is 2. The van der Waals surface area contributed by atoms with Crippen LogP contribution in [0.1, 0.15) is 15.9 Å². The van der Waals surface area contributed by atoms with Crippen LogP contribution in [0.15, 0.2) is 71.6 Å². The number of nitrogens with zero attached hydrogens (tertiary/aromatic N) is 1. The summed E-state index contributed by atoms with van der Waals surface area (Å²) in [4.78, 5) is 25.8. The second-order valence-electron chi connectivity index (χ2n) is 7.73. The molecule has 0 fully saturated rings. The van der Waals surface area contributed by atoms with Crippen LogP contribution in [0.4, 0.5) is 5.69 Å². The van der Waals surface area contributed by atoms with E-state index in [1.165, 1.54) is 37.5 Å². The van der Waals surface area contributed by atoms with Gasteiger partial charge in [0.05, 0.1) is 46.2 Å². The molecule has 9 nitrogen and oxygen atoms in total. The summed E-state index contributed by atoms with van der Waals surface area (Å²) in [6.45, 7) is 0. The van der Waals surface area contributed by atoms with E-state index in [0.717, 1.165) is 0 Å². The van der Waals surface area contributed by atoms with E-state index in [0.29, 0.717) is 24.9 Å². The van der Waals surface area contributed by atoms with Crippen LogP contribution in [0, 0.1) is 3.57 Å². The van der Waals surface area contributed by atoms with Crippen LogP contribution in [-0.4, -0.2) is 37.8 Å². The fourth-order valence-electron chi connectivity index (χ4n) is 3.54. The van der Waals surface area contributed by atoms with Crippen molar-refractivity contribution in [1.29, 1.82) is 0 Å². The highest BCUT2D eigenvalue weighted by atomic mass is 127. The second-order valence-corrected chi connectivity index (χ2v) is 12.3. The van der Waals surface area contributed by atoms with Crippen LogP contribution in [0.3, 0.4) is 0 Å². The Morgan fingerprint density at radius 1 is 1.19 bits per heavy atom. The molecule has 14 heteroatoms. The van der Waals surface area contributed by atoms with Crippen LogP contribution in [0.2, 0.25) is 10.0 Å². The Hall–Kier alpha value is -2.39. The van der Waals surface area contributed by atoms with Crippen LogP contribution < -0.4 is 14.8 Å². The average molecular weight is 693 g/mol. The Bertz CT molecular complexity index is 1460. The highest BCUT2D eigenvalue weighted by Gasteiger charge is 2.31. The van der Waals surface area contributed by atoms with E-state index in [9.17, 15) is 18.0 Å². The summed E-state index contributed by atoms with van der Waals surface area (Å²) in [6, 6.07) is 8.47. The predicted octanol–water partition coefficient (Wildman–Crippen LogP) is 4.57. The van der Waals surface area contributed by atoms with Gasteiger partial charge < -0.3 is 14.8 Å². The number of amides is 1. The molecule has 0 radical (unpaired) electrons. The first-order valence-corrected chi connectivity index (χ1v) is 14.6. The molecule has 3 N–H and O–H groups in total. The molecule has 0 aromatic heterocycles. The van der Waals surface area contributed by atoms with Gasteiger partial charge in [-0.1, -0.05) is 29.3 Å². The van der Waals surface area contributed by atoms with Gasteiger partial charge >= 0.3 is 5.97 Å². The van der Waals surface area contributed by atoms with Crippen molar-refractivity contribution < 1.29 is 22.7 Å². The standard InChI is InChI=1S/C23H19Cl2IN4O5S2/c1-35-23(32)19(10-13-4-7-16(24)17(25)9-13)28-22(31)15-6-5-14(26)11-18(15)29-37(33,34)21-3-2-8-30-20(21)12-27-36-30/h2-9,11-12,19,27,29H,10H2,1H3,(H,28,31)/t19-/m0/s1. The van der Waals surface area contributed by atoms with E-state index in [4.69, 9.17) is 27.9 Å². The van der Waals surface area contributed by atoms with Crippen LogP contribution in [0.5, 0.6) is 0 Å². The highest BCUT2D eigenvalue weighted by Crippen LogP contribution is 2.34. The molecule has 2 aromatic carbocycles. The molecule has 1 atom stereocenters. The van der Waals surface area contributed by atoms with Crippen LogP contribution in [-0.2, 0) is 26.0 Å². The van der Waals surface area contributed by atoms with Gasteiger partial charge in [0.1, 0.15) is 10.9 Å². The maximum Gasteiger partial charge on any atom is 0.328 e. The molecule has 0 bridgehead atoms. The highest BCUT2D eigenvalue weighted by molar-refractivity contribution is 14.1. The second kappa shape index (κ2) is 11.6. The minimum absolute atomic E-state index is 0.0312. The smallest absolute Gasteiger partial charge is 0.328 e.